The summed E-state index contributed by atoms with van der Waals surface area (Å²) in [6, 6.07) is 8.83. The lowest BCUT2D eigenvalue weighted by atomic mass is 9.87. The molecule has 0 saturated heterocycles. The van der Waals surface area contributed by atoms with Crippen molar-refractivity contribution in [2.75, 3.05) is 7.05 Å². The fourth-order valence-electron chi connectivity index (χ4n) is 2.76. The van der Waals surface area contributed by atoms with Gasteiger partial charge in [-0.3, -0.25) is 0 Å². The van der Waals surface area contributed by atoms with Crippen LogP contribution in [-0.2, 0) is 0 Å². The number of likely N-dealkylation sites (N-methyl/N-ethyl adjacent to an activating group) is 1. The minimum absolute atomic E-state index is 0.0181. The summed E-state index contributed by atoms with van der Waals surface area (Å²) < 4.78 is 0. The van der Waals surface area contributed by atoms with Gasteiger partial charge in [-0.05, 0) is 56.3 Å². The first-order chi connectivity index (χ1) is 10.1. The molecule has 0 spiro atoms. The van der Waals surface area contributed by atoms with Gasteiger partial charge >= 0.3 is 0 Å². The summed E-state index contributed by atoms with van der Waals surface area (Å²) in [6.07, 6.45) is 4.41. The zero-order valence-electron chi connectivity index (χ0n) is 12.5. The van der Waals surface area contributed by atoms with E-state index >= 15 is 0 Å². The average Bonchev–Trinajstić information content (AvgIpc) is 3.07. The van der Waals surface area contributed by atoms with Crippen molar-refractivity contribution in [3.8, 4) is 0 Å². The van der Waals surface area contributed by atoms with Crippen LogP contribution in [0.25, 0.3) is 11.1 Å². The highest BCUT2D eigenvalue weighted by Crippen LogP contribution is 2.36. The van der Waals surface area contributed by atoms with E-state index < -0.39 is 0 Å². The largest absolute Gasteiger partial charge is 0.322 e. The van der Waals surface area contributed by atoms with E-state index in [2.05, 4.69) is 55.6 Å². The third-order valence-electron chi connectivity index (χ3n) is 3.86. The minimum atomic E-state index is -0.0181. The van der Waals surface area contributed by atoms with Crippen molar-refractivity contribution in [2.45, 2.75) is 25.9 Å². The topological polar surface area (TPSA) is 38.0 Å². The van der Waals surface area contributed by atoms with Crippen LogP contribution >= 0.6 is 22.7 Å². The lowest BCUT2D eigenvalue weighted by Gasteiger charge is -2.30. The highest BCUT2D eigenvalue weighted by Gasteiger charge is 2.29. The number of hydrogen-bond acceptors (Lipinski definition) is 4. The summed E-state index contributed by atoms with van der Waals surface area (Å²) >= 11 is 3.64. The van der Waals surface area contributed by atoms with Crippen LogP contribution in [0.1, 0.15) is 19.5 Å². The van der Waals surface area contributed by atoms with Gasteiger partial charge in [0.2, 0.25) is 0 Å². The molecule has 2 aromatic rings. The van der Waals surface area contributed by atoms with Crippen molar-refractivity contribution in [3.05, 3.63) is 55.9 Å². The monoisotopic (exact) mass is 316 g/mol. The van der Waals surface area contributed by atoms with Crippen LogP contribution in [-0.4, -0.2) is 19.1 Å². The van der Waals surface area contributed by atoms with Crippen LogP contribution in [0.15, 0.2) is 36.4 Å². The molecule has 0 fully saturated rings. The molecule has 1 aliphatic carbocycles. The van der Waals surface area contributed by atoms with Gasteiger partial charge in [0.05, 0.1) is 12.1 Å². The molecule has 1 aliphatic rings. The van der Waals surface area contributed by atoms with Gasteiger partial charge in [0.15, 0.2) is 0 Å². The van der Waals surface area contributed by atoms with E-state index in [1.807, 2.05) is 29.7 Å². The standard InChI is InChI=1S/C17H20N2S2/c1-10-4-8-14(20-10)12-6-7-13(17(19-3)16(12)18)15-9-5-11(2)21-15/h4-9,16-17,19H,18H2,1-3H3. The van der Waals surface area contributed by atoms with E-state index in [-0.39, 0.29) is 12.1 Å². The summed E-state index contributed by atoms with van der Waals surface area (Å²) in [5, 5.41) is 3.40. The number of nitrogens with two attached hydrogens (primary N) is 1. The van der Waals surface area contributed by atoms with Crippen LogP contribution < -0.4 is 11.1 Å². The number of nitrogens with one attached hydrogen (secondary N) is 1. The van der Waals surface area contributed by atoms with Crippen LogP contribution in [0.3, 0.4) is 0 Å². The zero-order chi connectivity index (χ0) is 15.0. The Kier molecular flexibility index (Phi) is 4.13. The molecule has 2 unspecified atom stereocenters. The van der Waals surface area contributed by atoms with Gasteiger partial charge in [-0.25, -0.2) is 0 Å². The van der Waals surface area contributed by atoms with E-state index in [9.17, 15) is 0 Å². The van der Waals surface area contributed by atoms with Gasteiger partial charge in [-0.1, -0.05) is 12.2 Å². The van der Waals surface area contributed by atoms with Gasteiger partial charge in [-0.15, -0.1) is 22.7 Å². The van der Waals surface area contributed by atoms with Gasteiger partial charge in [0, 0.05) is 19.5 Å². The second kappa shape index (κ2) is 5.89. The molecule has 0 radical (unpaired) electrons. The molecule has 2 nitrogen and oxygen atoms in total. The van der Waals surface area contributed by atoms with Gasteiger partial charge in [0.25, 0.3) is 0 Å². The van der Waals surface area contributed by atoms with E-state index in [0.29, 0.717) is 0 Å². The maximum atomic E-state index is 6.55. The fraction of sp³-hybridized carbons (Fsp3) is 0.294. The van der Waals surface area contributed by atoms with E-state index in [1.165, 1.54) is 30.7 Å². The Balaban J connectivity index is 2.02. The molecule has 2 heterocycles. The maximum absolute atomic E-state index is 6.55. The van der Waals surface area contributed by atoms with Crippen LogP contribution in [0.4, 0.5) is 0 Å². The lowest BCUT2D eigenvalue weighted by Crippen LogP contribution is -2.45. The Morgan fingerprint density at radius 3 is 1.90 bits per heavy atom. The quantitative estimate of drug-likeness (QED) is 0.903. The average molecular weight is 316 g/mol. The first-order valence-corrected chi connectivity index (χ1v) is 8.71. The normalized spacial score (nSPS) is 22.1. The molecular weight excluding hydrogens is 296 g/mol. The zero-order valence-corrected chi connectivity index (χ0v) is 14.1. The van der Waals surface area contributed by atoms with Gasteiger partial charge in [0.1, 0.15) is 0 Å². The van der Waals surface area contributed by atoms with Crippen molar-refractivity contribution < 1.29 is 0 Å². The smallest absolute Gasteiger partial charge is 0.0528 e. The third-order valence-corrected chi connectivity index (χ3v) is 5.96. The highest BCUT2D eigenvalue weighted by atomic mass is 32.1. The Bertz CT molecular complexity index is 706. The lowest BCUT2D eigenvalue weighted by molar-refractivity contribution is 0.622. The molecule has 0 aromatic carbocycles. The van der Waals surface area contributed by atoms with E-state index in [4.69, 9.17) is 5.73 Å². The van der Waals surface area contributed by atoms with Gasteiger partial charge < -0.3 is 11.1 Å². The molecular formula is C17H20N2S2. The first kappa shape index (κ1) is 14.7. The fourth-order valence-corrected chi connectivity index (χ4v) is 4.64. The second-order valence-corrected chi connectivity index (χ2v) is 7.93. The summed E-state index contributed by atoms with van der Waals surface area (Å²) in [5.74, 6) is 0. The van der Waals surface area contributed by atoms with Crippen LogP contribution in [0.5, 0.6) is 0 Å². The van der Waals surface area contributed by atoms with E-state index in [1.54, 1.807) is 0 Å². The summed E-state index contributed by atoms with van der Waals surface area (Å²) in [5.41, 5.74) is 9.07. The molecule has 21 heavy (non-hydrogen) atoms. The molecule has 0 amide bonds. The number of aryl methyl sites for hydroxylation is 2. The van der Waals surface area contributed by atoms with Crippen molar-refractivity contribution in [1.29, 1.82) is 0 Å². The van der Waals surface area contributed by atoms with Crippen LogP contribution in [0.2, 0.25) is 0 Å². The number of rotatable bonds is 3. The SMILES string of the molecule is CNC1C(c2ccc(C)s2)=CC=C(c2ccc(C)s2)C1N. The Morgan fingerprint density at radius 2 is 1.43 bits per heavy atom. The minimum Gasteiger partial charge on any atom is -0.322 e. The predicted octanol–water partition coefficient (Wildman–Crippen LogP) is 3.82. The molecule has 4 heteroatoms. The molecule has 0 saturated carbocycles. The molecule has 3 N–H and O–H groups in total. The first-order valence-electron chi connectivity index (χ1n) is 7.08. The molecule has 0 aliphatic heterocycles. The molecule has 110 valence electrons. The number of allylic oxidation sites excluding steroid dienone is 2. The molecule has 2 aromatic heterocycles. The summed E-state index contributed by atoms with van der Waals surface area (Å²) in [7, 11) is 1.99. The van der Waals surface area contributed by atoms with Crippen LogP contribution in [0, 0.1) is 13.8 Å². The van der Waals surface area contributed by atoms with Crippen molar-refractivity contribution in [1.82, 2.24) is 5.32 Å². The molecule has 0 bridgehead atoms. The summed E-state index contributed by atoms with van der Waals surface area (Å²) in [4.78, 5) is 5.23. The number of hydrogen-bond donors (Lipinski definition) is 2. The molecule has 2 atom stereocenters. The Morgan fingerprint density at radius 1 is 0.905 bits per heavy atom. The van der Waals surface area contributed by atoms with Crippen molar-refractivity contribution in [3.63, 3.8) is 0 Å². The van der Waals surface area contributed by atoms with E-state index in [0.717, 1.165) is 0 Å². The third kappa shape index (κ3) is 2.77. The predicted molar refractivity (Wildman–Crippen MR) is 94.9 cm³/mol. The van der Waals surface area contributed by atoms with Crippen molar-refractivity contribution in [2.24, 2.45) is 5.73 Å². The Hall–Kier alpha value is -1.20. The maximum Gasteiger partial charge on any atom is 0.0528 e. The van der Waals surface area contributed by atoms with Gasteiger partial charge in [-0.2, -0.15) is 0 Å². The Labute approximate surface area is 134 Å². The summed E-state index contributed by atoms with van der Waals surface area (Å²) in [6.45, 7) is 4.27. The molecule has 3 rings (SSSR count). The highest BCUT2D eigenvalue weighted by molar-refractivity contribution is 7.13. The number of thiophene rings is 2. The second-order valence-electron chi connectivity index (χ2n) is 5.36. The van der Waals surface area contributed by atoms with Crippen molar-refractivity contribution >= 4 is 33.8 Å².